The normalized spacial score (nSPS) is 13.9. The number of nitrogens with zero attached hydrogens (tertiary/aromatic N) is 5. The average Bonchev–Trinajstić information content (AvgIpc) is 3.69. The molecule has 1 saturated heterocycles. The van der Waals surface area contributed by atoms with Crippen LogP contribution in [0.15, 0.2) is 67.3 Å². The number of rotatable bonds is 10. The van der Waals surface area contributed by atoms with Crippen molar-refractivity contribution in [3.05, 3.63) is 73.1 Å². The number of likely N-dealkylation sites (N-methyl/N-ethyl adjacent to an activating group) is 1. The fourth-order valence-corrected chi connectivity index (χ4v) is 6.05. The Balaban J connectivity index is 1.16. The molecule has 1 fully saturated rings. The second-order valence-electron chi connectivity index (χ2n) is 12.2. The molecule has 7 rings (SSSR count). The third-order valence-corrected chi connectivity index (χ3v) is 8.48. The lowest BCUT2D eigenvalue weighted by atomic mass is 9.94. The van der Waals surface area contributed by atoms with E-state index in [9.17, 15) is 9.18 Å². The number of carbonyl (C=O) groups is 1. The first-order valence-electron chi connectivity index (χ1n) is 15.8. The standard InChI is InChI=1S/C35H36FN9O2/c1-45(2)9-10-47-27-14-22(12-25(36)16-27)28-5-8-39-34-29(28)17-31(42-34)33-30-15-24(19-40-35(30)44-43-33)23-13-26(20-38-18-23)41-32(46)11-21-3-6-37-7-4-21/h5,8,12-21,37H,3-4,6-7,9-11H2,1-2H3,(H,39,42)(H,41,46)(H,40,43,44). The number of aromatic nitrogens is 6. The van der Waals surface area contributed by atoms with Gasteiger partial charge in [-0.05, 0) is 93.5 Å². The van der Waals surface area contributed by atoms with Gasteiger partial charge in [0, 0.05) is 59.5 Å². The van der Waals surface area contributed by atoms with E-state index < -0.39 is 0 Å². The van der Waals surface area contributed by atoms with Gasteiger partial charge in [-0.3, -0.25) is 14.9 Å². The van der Waals surface area contributed by atoms with Crippen LogP contribution in [0.1, 0.15) is 19.3 Å². The van der Waals surface area contributed by atoms with Crippen LogP contribution in [0, 0.1) is 11.7 Å². The van der Waals surface area contributed by atoms with Gasteiger partial charge in [0.1, 0.15) is 29.5 Å². The number of benzene rings is 1. The van der Waals surface area contributed by atoms with Crippen LogP contribution in [0.5, 0.6) is 5.75 Å². The Morgan fingerprint density at radius 3 is 2.68 bits per heavy atom. The molecular formula is C35H36FN9O2. The number of anilines is 1. The highest BCUT2D eigenvalue weighted by molar-refractivity contribution is 6.00. The zero-order valence-corrected chi connectivity index (χ0v) is 26.3. The van der Waals surface area contributed by atoms with Gasteiger partial charge in [-0.2, -0.15) is 5.10 Å². The van der Waals surface area contributed by atoms with Gasteiger partial charge in [-0.15, -0.1) is 0 Å². The van der Waals surface area contributed by atoms with Gasteiger partial charge in [-0.25, -0.2) is 14.4 Å². The van der Waals surface area contributed by atoms with Crippen LogP contribution in [0.25, 0.3) is 55.7 Å². The molecule has 47 heavy (non-hydrogen) atoms. The van der Waals surface area contributed by atoms with Crippen molar-refractivity contribution in [1.29, 1.82) is 0 Å². The number of aromatic amines is 2. The monoisotopic (exact) mass is 633 g/mol. The molecule has 0 unspecified atom stereocenters. The summed E-state index contributed by atoms with van der Waals surface area (Å²) in [7, 11) is 3.93. The summed E-state index contributed by atoms with van der Waals surface area (Å²) in [5, 5.41) is 15.6. The number of hydrogen-bond donors (Lipinski definition) is 4. The maximum absolute atomic E-state index is 14.7. The van der Waals surface area contributed by atoms with Gasteiger partial charge < -0.3 is 25.3 Å². The van der Waals surface area contributed by atoms with Crippen molar-refractivity contribution >= 4 is 33.7 Å². The van der Waals surface area contributed by atoms with Gasteiger partial charge in [0.15, 0.2) is 5.65 Å². The van der Waals surface area contributed by atoms with E-state index in [4.69, 9.17) is 4.74 Å². The Hall–Kier alpha value is -5.20. The minimum atomic E-state index is -0.375. The average molecular weight is 634 g/mol. The quantitative estimate of drug-likeness (QED) is 0.152. The maximum atomic E-state index is 14.7. The van der Waals surface area contributed by atoms with Crippen molar-refractivity contribution in [3.63, 3.8) is 0 Å². The van der Waals surface area contributed by atoms with E-state index in [1.807, 2.05) is 49.3 Å². The molecule has 4 N–H and O–H groups in total. The highest BCUT2D eigenvalue weighted by atomic mass is 19.1. The van der Waals surface area contributed by atoms with Crippen LogP contribution < -0.4 is 15.4 Å². The minimum Gasteiger partial charge on any atom is -0.492 e. The number of amides is 1. The number of fused-ring (bicyclic) bond motifs is 2. The summed E-state index contributed by atoms with van der Waals surface area (Å²) < 4.78 is 20.5. The molecule has 0 aliphatic carbocycles. The molecule has 0 atom stereocenters. The van der Waals surface area contributed by atoms with Crippen LogP contribution >= 0.6 is 0 Å². The van der Waals surface area contributed by atoms with Crippen LogP contribution in [-0.4, -0.2) is 81.3 Å². The van der Waals surface area contributed by atoms with Gasteiger partial charge >= 0.3 is 0 Å². The highest BCUT2D eigenvalue weighted by Gasteiger charge is 2.19. The largest absolute Gasteiger partial charge is 0.492 e. The second kappa shape index (κ2) is 13.3. The lowest BCUT2D eigenvalue weighted by Crippen LogP contribution is -2.30. The summed E-state index contributed by atoms with van der Waals surface area (Å²) in [6, 6.07) is 12.5. The first-order valence-corrected chi connectivity index (χ1v) is 15.8. The molecule has 6 heterocycles. The maximum Gasteiger partial charge on any atom is 0.224 e. The van der Waals surface area contributed by atoms with Crippen molar-refractivity contribution in [2.45, 2.75) is 19.3 Å². The molecular weight excluding hydrogens is 597 g/mol. The highest BCUT2D eigenvalue weighted by Crippen LogP contribution is 2.35. The molecule has 0 bridgehead atoms. The summed E-state index contributed by atoms with van der Waals surface area (Å²) in [6.07, 6.45) is 9.39. The Morgan fingerprint density at radius 2 is 1.83 bits per heavy atom. The minimum absolute atomic E-state index is 0.000319. The van der Waals surface area contributed by atoms with E-state index in [2.05, 4.69) is 40.8 Å². The van der Waals surface area contributed by atoms with E-state index in [0.717, 1.165) is 65.6 Å². The van der Waals surface area contributed by atoms with Crippen molar-refractivity contribution in [3.8, 4) is 39.4 Å². The Bertz CT molecular complexity index is 2050. The molecule has 0 spiro atoms. The predicted octanol–water partition coefficient (Wildman–Crippen LogP) is 5.64. The van der Waals surface area contributed by atoms with Crippen LogP contribution in [-0.2, 0) is 4.79 Å². The predicted molar refractivity (Wildman–Crippen MR) is 180 cm³/mol. The summed E-state index contributed by atoms with van der Waals surface area (Å²) in [5.41, 5.74) is 6.48. The van der Waals surface area contributed by atoms with Crippen molar-refractivity contribution in [1.82, 2.24) is 40.3 Å². The first-order chi connectivity index (χ1) is 22.9. The molecule has 240 valence electrons. The number of pyridine rings is 3. The SMILES string of the molecule is CN(C)CCOc1cc(F)cc(-c2ccnc3[nH]c(-c4n[nH]c5ncc(-c6cncc(NC(=O)CC7CCNCC7)c6)cc45)cc23)c1. The van der Waals surface area contributed by atoms with Crippen LogP contribution in [0.4, 0.5) is 10.1 Å². The van der Waals surface area contributed by atoms with E-state index >= 15 is 0 Å². The molecule has 1 aliphatic rings. The zero-order valence-electron chi connectivity index (χ0n) is 26.3. The molecule has 1 amide bonds. The van der Waals surface area contributed by atoms with E-state index in [-0.39, 0.29) is 11.7 Å². The molecule has 0 saturated carbocycles. The molecule has 0 radical (unpaired) electrons. The summed E-state index contributed by atoms with van der Waals surface area (Å²) in [4.78, 5) is 31.7. The third-order valence-electron chi connectivity index (χ3n) is 8.48. The zero-order chi connectivity index (χ0) is 32.3. The molecule has 12 heteroatoms. The lowest BCUT2D eigenvalue weighted by Gasteiger charge is -2.21. The van der Waals surface area contributed by atoms with Crippen LogP contribution in [0.2, 0.25) is 0 Å². The summed E-state index contributed by atoms with van der Waals surface area (Å²) in [6.45, 7) is 3.08. The van der Waals surface area contributed by atoms with Gasteiger partial charge in [0.25, 0.3) is 0 Å². The van der Waals surface area contributed by atoms with Crippen molar-refractivity contribution < 1.29 is 13.9 Å². The summed E-state index contributed by atoms with van der Waals surface area (Å²) in [5.74, 6) is 0.492. The molecule has 1 aliphatic heterocycles. The molecule has 5 aromatic heterocycles. The summed E-state index contributed by atoms with van der Waals surface area (Å²) >= 11 is 0. The molecule has 11 nitrogen and oxygen atoms in total. The fraction of sp³-hybridized carbons (Fsp3) is 0.286. The van der Waals surface area contributed by atoms with E-state index in [1.54, 1.807) is 24.8 Å². The number of H-pyrrole nitrogens is 2. The number of carbonyl (C=O) groups excluding carboxylic acids is 1. The van der Waals surface area contributed by atoms with E-state index in [0.29, 0.717) is 52.9 Å². The number of hydrogen-bond acceptors (Lipinski definition) is 8. The topological polar surface area (TPSA) is 137 Å². The lowest BCUT2D eigenvalue weighted by molar-refractivity contribution is -0.117. The van der Waals surface area contributed by atoms with Crippen molar-refractivity contribution in [2.75, 3.05) is 45.7 Å². The molecule has 6 aromatic rings. The molecule has 1 aromatic carbocycles. The Labute approximate surface area is 271 Å². The van der Waals surface area contributed by atoms with Gasteiger partial charge in [0.05, 0.1) is 17.6 Å². The van der Waals surface area contributed by atoms with E-state index in [1.165, 1.54) is 12.1 Å². The van der Waals surface area contributed by atoms with Gasteiger partial charge in [0.2, 0.25) is 5.91 Å². The number of halogens is 1. The number of piperidine rings is 1. The van der Waals surface area contributed by atoms with Crippen molar-refractivity contribution in [2.24, 2.45) is 5.92 Å². The van der Waals surface area contributed by atoms with Gasteiger partial charge in [-0.1, -0.05) is 0 Å². The first kappa shape index (κ1) is 30.5. The Morgan fingerprint density at radius 1 is 0.979 bits per heavy atom. The smallest absolute Gasteiger partial charge is 0.224 e. The van der Waals surface area contributed by atoms with Crippen LogP contribution in [0.3, 0.4) is 0 Å². The number of ether oxygens (including phenoxy) is 1. The fourth-order valence-electron chi connectivity index (χ4n) is 6.05. The Kier molecular flexibility index (Phi) is 8.60. The third kappa shape index (κ3) is 6.83. The second-order valence-corrected chi connectivity index (χ2v) is 12.2. The number of nitrogens with one attached hydrogen (secondary N) is 4.